The van der Waals surface area contributed by atoms with E-state index in [1.165, 1.54) is 4.90 Å². The predicted molar refractivity (Wildman–Crippen MR) is 92.4 cm³/mol. The molecule has 0 saturated carbocycles. The summed E-state index contributed by atoms with van der Waals surface area (Å²) in [7, 11) is 2.05. The molecule has 3 rings (SSSR count). The van der Waals surface area contributed by atoms with E-state index in [4.69, 9.17) is 0 Å². The predicted octanol–water partition coefficient (Wildman–Crippen LogP) is 1.26. The molecule has 1 aromatic rings. The number of piperazine rings is 1. The zero-order valence-corrected chi connectivity index (χ0v) is 14.6. The van der Waals surface area contributed by atoms with Gasteiger partial charge in [-0.1, -0.05) is 12.1 Å². The Hall–Kier alpha value is -1.92. The first-order valence-corrected chi connectivity index (χ1v) is 7.99. The second-order valence-corrected chi connectivity index (χ2v) is 6.10. The van der Waals surface area contributed by atoms with Crippen LogP contribution in [0.5, 0.6) is 0 Å². The molecule has 0 bridgehead atoms. The summed E-state index contributed by atoms with van der Waals surface area (Å²) in [5.41, 5.74) is 0.922. The van der Waals surface area contributed by atoms with Gasteiger partial charge in [-0.05, 0) is 25.6 Å². The molecule has 3 amide bonds. The van der Waals surface area contributed by atoms with Crippen molar-refractivity contribution >= 4 is 30.1 Å². The Morgan fingerprint density at radius 2 is 1.54 bits per heavy atom. The van der Waals surface area contributed by atoms with Crippen LogP contribution in [-0.4, -0.2) is 72.2 Å². The normalized spacial score (nSPS) is 17.7. The van der Waals surface area contributed by atoms with Crippen molar-refractivity contribution in [2.45, 2.75) is 12.8 Å². The van der Waals surface area contributed by atoms with E-state index in [1.807, 2.05) is 11.9 Å². The average molecular weight is 352 g/mol. The average Bonchev–Trinajstić information content (AvgIpc) is 2.81. The maximum atomic E-state index is 12.2. The van der Waals surface area contributed by atoms with Gasteiger partial charge in [-0.15, -0.1) is 12.4 Å². The summed E-state index contributed by atoms with van der Waals surface area (Å²) in [5, 5.41) is 0. The quantitative estimate of drug-likeness (QED) is 0.766. The van der Waals surface area contributed by atoms with Crippen molar-refractivity contribution < 1.29 is 14.4 Å². The van der Waals surface area contributed by atoms with Gasteiger partial charge in [-0.2, -0.15) is 0 Å². The number of carbonyl (C=O) groups is 3. The highest BCUT2D eigenvalue weighted by molar-refractivity contribution is 6.21. The third-order valence-corrected chi connectivity index (χ3v) is 4.51. The smallest absolute Gasteiger partial charge is 0.261 e. The standard InChI is InChI=1S/C17H21N3O3.ClH/c1-18-9-11-19(12-10-18)15(21)7-4-8-20-16(22)13-5-2-3-6-14(13)17(20)23;/h2-3,5-6H,4,7-12H2,1H3;1H. The summed E-state index contributed by atoms with van der Waals surface area (Å²) in [6, 6.07) is 6.85. The van der Waals surface area contributed by atoms with E-state index in [0.717, 1.165) is 26.2 Å². The minimum Gasteiger partial charge on any atom is -0.340 e. The molecule has 7 heteroatoms. The minimum atomic E-state index is -0.252. The zero-order valence-electron chi connectivity index (χ0n) is 13.7. The molecule has 0 atom stereocenters. The third-order valence-electron chi connectivity index (χ3n) is 4.51. The Labute approximate surface area is 147 Å². The lowest BCUT2D eigenvalue weighted by Gasteiger charge is -2.32. The lowest BCUT2D eigenvalue weighted by Crippen LogP contribution is -2.47. The molecular weight excluding hydrogens is 330 g/mol. The fourth-order valence-electron chi connectivity index (χ4n) is 3.04. The maximum Gasteiger partial charge on any atom is 0.261 e. The molecule has 0 aliphatic carbocycles. The van der Waals surface area contributed by atoms with E-state index in [-0.39, 0.29) is 30.1 Å². The van der Waals surface area contributed by atoms with Crippen molar-refractivity contribution in [3.63, 3.8) is 0 Å². The summed E-state index contributed by atoms with van der Waals surface area (Å²) in [4.78, 5) is 41.9. The van der Waals surface area contributed by atoms with E-state index >= 15 is 0 Å². The number of nitrogens with zero attached hydrogens (tertiary/aromatic N) is 3. The van der Waals surface area contributed by atoms with Crippen molar-refractivity contribution in [2.24, 2.45) is 0 Å². The van der Waals surface area contributed by atoms with Gasteiger partial charge in [0.05, 0.1) is 11.1 Å². The summed E-state index contributed by atoms with van der Waals surface area (Å²) < 4.78 is 0. The van der Waals surface area contributed by atoms with Crippen LogP contribution in [0.4, 0.5) is 0 Å². The second kappa shape index (κ2) is 7.77. The number of carbonyl (C=O) groups excluding carboxylic acids is 3. The molecule has 0 spiro atoms. The molecule has 0 unspecified atom stereocenters. The molecule has 2 aliphatic heterocycles. The van der Waals surface area contributed by atoms with Crippen LogP contribution in [0.15, 0.2) is 24.3 Å². The number of rotatable bonds is 4. The van der Waals surface area contributed by atoms with Crippen LogP contribution >= 0.6 is 12.4 Å². The van der Waals surface area contributed by atoms with Crippen LogP contribution in [0.25, 0.3) is 0 Å². The van der Waals surface area contributed by atoms with Gasteiger partial charge >= 0.3 is 0 Å². The molecule has 24 heavy (non-hydrogen) atoms. The fourth-order valence-corrected chi connectivity index (χ4v) is 3.04. The van der Waals surface area contributed by atoms with Gasteiger partial charge in [-0.25, -0.2) is 0 Å². The van der Waals surface area contributed by atoms with Crippen molar-refractivity contribution in [3.8, 4) is 0 Å². The van der Waals surface area contributed by atoms with Gasteiger partial charge in [0.25, 0.3) is 11.8 Å². The highest BCUT2D eigenvalue weighted by Crippen LogP contribution is 2.22. The summed E-state index contributed by atoms with van der Waals surface area (Å²) >= 11 is 0. The van der Waals surface area contributed by atoms with Crippen molar-refractivity contribution in [3.05, 3.63) is 35.4 Å². The zero-order chi connectivity index (χ0) is 16.4. The number of halogens is 1. The monoisotopic (exact) mass is 351 g/mol. The Kier molecular flexibility index (Phi) is 5.96. The van der Waals surface area contributed by atoms with Crippen molar-refractivity contribution in [1.29, 1.82) is 0 Å². The second-order valence-electron chi connectivity index (χ2n) is 6.10. The number of benzene rings is 1. The molecular formula is C17H22ClN3O3. The largest absolute Gasteiger partial charge is 0.340 e. The topological polar surface area (TPSA) is 60.9 Å². The Morgan fingerprint density at radius 3 is 2.08 bits per heavy atom. The van der Waals surface area contributed by atoms with E-state index in [0.29, 0.717) is 30.5 Å². The van der Waals surface area contributed by atoms with E-state index in [1.54, 1.807) is 24.3 Å². The molecule has 2 aliphatic rings. The molecule has 1 saturated heterocycles. The number of hydrogen-bond acceptors (Lipinski definition) is 4. The highest BCUT2D eigenvalue weighted by Gasteiger charge is 2.34. The molecule has 0 N–H and O–H groups in total. The fraction of sp³-hybridized carbons (Fsp3) is 0.471. The van der Waals surface area contributed by atoms with Gasteiger partial charge < -0.3 is 9.80 Å². The molecule has 2 heterocycles. The van der Waals surface area contributed by atoms with E-state index in [2.05, 4.69) is 4.90 Å². The van der Waals surface area contributed by atoms with Crippen LogP contribution < -0.4 is 0 Å². The van der Waals surface area contributed by atoms with E-state index < -0.39 is 0 Å². The van der Waals surface area contributed by atoms with Gasteiger partial charge in [0.15, 0.2) is 0 Å². The van der Waals surface area contributed by atoms with Crippen LogP contribution in [0.1, 0.15) is 33.6 Å². The Bertz CT molecular complexity index is 607. The number of fused-ring (bicyclic) bond motifs is 1. The lowest BCUT2D eigenvalue weighted by molar-refractivity contribution is -0.132. The van der Waals surface area contributed by atoms with Crippen LogP contribution in [0, 0.1) is 0 Å². The third kappa shape index (κ3) is 3.60. The molecule has 6 nitrogen and oxygen atoms in total. The van der Waals surface area contributed by atoms with E-state index in [9.17, 15) is 14.4 Å². The first-order chi connectivity index (χ1) is 11.1. The summed E-state index contributed by atoms with van der Waals surface area (Å²) in [6.07, 6.45) is 0.883. The lowest BCUT2D eigenvalue weighted by atomic mass is 10.1. The maximum absolute atomic E-state index is 12.2. The minimum absolute atomic E-state index is 0. The number of imide groups is 1. The summed E-state index contributed by atoms with van der Waals surface area (Å²) in [5.74, 6) is -0.398. The molecule has 1 fully saturated rings. The molecule has 0 radical (unpaired) electrons. The number of amides is 3. The number of likely N-dealkylation sites (N-methyl/N-ethyl adjacent to an activating group) is 1. The molecule has 1 aromatic carbocycles. The highest BCUT2D eigenvalue weighted by atomic mass is 35.5. The van der Waals surface area contributed by atoms with Gasteiger partial charge in [-0.3, -0.25) is 19.3 Å². The van der Waals surface area contributed by atoms with Crippen LogP contribution in [-0.2, 0) is 4.79 Å². The van der Waals surface area contributed by atoms with Gasteiger partial charge in [0.1, 0.15) is 0 Å². The number of hydrogen-bond donors (Lipinski definition) is 0. The first-order valence-electron chi connectivity index (χ1n) is 7.99. The molecule has 0 aromatic heterocycles. The van der Waals surface area contributed by atoms with Crippen LogP contribution in [0.2, 0.25) is 0 Å². The van der Waals surface area contributed by atoms with Gasteiger partial charge in [0.2, 0.25) is 5.91 Å². The van der Waals surface area contributed by atoms with Crippen molar-refractivity contribution in [1.82, 2.24) is 14.7 Å². The first kappa shape index (κ1) is 18.4. The Balaban J connectivity index is 0.00000208. The Morgan fingerprint density at radius 1 is 1.00 bits per heavy atom. The van der Waals surface area contributed by atoms with Gasteiger partial charge in [0, 0.05) is 39.1 Å². The SMILES string of the molecule is CN1CCN(C(=O)CCCN2C(=O)c3ccccc3C2=O)CC1.Cl. The molecule has 130 valence electrons. The summed E-state index contributed by atoms with van der Waals surface area (Å²) in [6.45, 7) is 3.59. The van der Waals surface area contributed by atoms with Crippen molar-refractivity contribution in [2.75, 3.05) is 39.8 Å². The van der Waals surface area contributed by atoms with Crippen LogP contribution in [0.3, 0.4) is 0 Å².